The third kappa shape index (κ3) is 21.7. The number of carbonyl (C=O) groups is 8. The predicted octanol–water partition coefficient (Wildman–Crippen LogP) is 6.22. The number of aliphatic hydroxyl groups excluding tert-OH is 5. The molecule has 18 atom stereocenters. The van der Waals surface area contributed by atoms with Gasteiger partial charge in [0.15, 0.2) is 29.9 Å². The highest BCUT2D eigenvalue weighted by molar-refractivity contribution is 7.86. The van der Waals surface area contributed by atoms with E-state index in [2.05, 4.69) is 49.5 Å². The molecule has 0 aromatic heterocycles. The van der Waals surface area contributed by atoms with Crippen LogP contribution >= 0.6 is 23.2 Å². The van der Waals surface area contributed by atoms with Crippen molar-refractivity contribution in [3.63, 3.8) is 0 Å². The van der Waals surface area contributed by atoms with Gasteiger partial charge in [-0.3, -0.25) is 37.7 Å². The lowest BCUT2D eigenvalue weighted by molar-refractivity contribution is -0.334. The summed E-state index contributed by atoms with van der Waals surface area (Å²) in [6.45, 7) is 13.4. The van der Waals surface area contributed by atoms with E-state index < -0.39 is 252 Å². The van der Waals surface area contributed by atoms with Gasteiger partial charge in [-0.2, -0.15) is 8.42 Å². The molecule has 2 saturated heterocycles. The molecule has 6 aromatic rings. The van der Waals surface area contributed by atoms with E-state index in [0.29, 0.717) is 17.7 Å². The number of primary amides is 1. The number of aliphatic carboxylic acids is 1. The van der Waals surface area contributed by atoms with Gasteiger partial charge in [0, 0.05) is 34.7 Å². The number of benzene rings is 6. The number of hydrogen-bond acceptors (Lipinski definition) is 27. The maximum Gasteiger partial charge on any atom is 0.330 e. The highest BCUT2D eigenvalue weighted by Gasteiger charge is 2.53. The summed E-state index contributed by atoms with van der Waals surface area (Å²) in [6.07, 6.45) is -11.4. The number of likely N-dealkylation sites (N-methyl/N-ethyl adjacent to an activating group) is 1. The van der Waals surface area contributed by atoms with Crippen LogP contribution in [0.15, 0.2) is 95.9 Å². The molecule has 35 nitrogen and oxygen atoms in total. The van der Waals surface area contributed by atoms with Gasteiger partial charge in [-0.05, 0) is 155 Å². The zero-order valence-corrected chi connectivity index (χ0v) is 71.3. The van der Waals surface area contributed by atoms with Crippen LogP contribution in [0.3, 0.4) is 0 Å². The summed E-state index contributed by atoms with van der Waals surface area (Å²) in [5, 5.41) is 127. The lowest BCUT2D eigenvalue weighted by atomic mass is 9.84. The van der Waals surface area contributed by atoms with Crippen LogP contribution < -0.4 is 62.5 Å². The Bertz CT molecular complexity index is 5060. The molecule has 7 amide bonds. The van der Waals surface area contributed by atoms with Gasteiger partial charge < -0.3 is 123 Å². The largest absolute Gasteiger partial charge is 0.508 e. The number of nitrogens with two attached hydrogens (primary N) is 1. The number of carboxylic acid groups (broad SMARTS) is 1. The Hall–Kier alpha value is -10.0. The Balaban J connectivity index is 1.14. The number of amides is 7. The maximum atomic E-state index is 16.4. The molecule has 38 heteroatoms. The monoisotopic (exact) mass is 1770 g/mol. The molecule has 7 aliphatic rings. The summed E-state index contributed by atoms with van der Waals surface area (Å²) in [6, 6.07) is 2.26. The lowest BCUT2D eigenvalue weighted by Crippen LogP contribution is -2.65. The Kier molecular flexibility index (Phi) is 30.4. The van der Waals surface area contributed by atoms with Crippen molar-refractivity contribution in [2.75, 3.05) is 20.2 Å². The second-order valence-corrected chi connectivity index (χ2v) is 34.7. The summed E-state index contributed by atoms with van der Waals surface area (Å²) >= 11 is 14.4. The van der Waals surface area contributed by atoms with Crippen molar-refractivity contribution in [3.05, 3.63) is 146 Å². The number of aliphatic hydroxyl groups is 5. The number of aryl methyl sites for hydroxylation is 3. The minimum atomic E-state index is -4.76. The van der Waals surface area contributed by atoms with E-state index in [4.69, 9.17) is 61.5 Å². The first-order valence-electron chi connectivity index (χ1n) is 40.5. The Morgan fingerprint density at radius 3 is 1.87 bits per heavy atom. The molecule has 13 rings (SSSR count). The fourth-order valence-electron chi connectivity index (χ4n) is 16.0. The van der Waals surface area contributed by atoms with Crippen LogP contribution in [0.4, 0.5) is 0 Å². The van der Waals surface area contributed by atoms with Crippen molar-refractivity contribution in [1.29, 1.82) is 0 Å². The van der Waals surface area contributed by atoms with Gasteiger partial charge in [0.2, 0.25) is 53.4 Å². The Morgan fingerprint density at radius 1 is 0.675 bits per heavy atom. The zero-order valence-electron chi connectivity index (χ0n) is 69.0. The van der Waals surface area contributed by atoms with Crippen LogP contribution in [0.2, 0.25) is 10.0 Å². The number of carbonyl (C=O) groups excluding carboxylic acids is 7. The normalized spacial score (nSPS) is 26.4. The van der Waals surface area contributed by atoms with Gasteiger partial charge in [-0.1, -0.05) is 125 Å². The molecule has 0 aliphatic carbocycles. The SMILES string of the molecule is CCCCCCCCCCNC1(C)CC(OC2C(Oc3c4cc5cc3Oc3ccc(cc3Cl)[C@@H](O)[C@@H](NC(=O)[C@H](CC(C)C)NC)C(=O)N[C@@H](CC(N)=O)C(=O)N[C@H]5C(=O)N[C@H]3C(=O)N[C@H](C(=O)N[C@@H](C(=O)O)c5cc(O)cc(O)c5-c5cc3ccc5O)[C@H](O)c3ccc(c(Cl)c3)O4)OC(COS(=O)(=O)c3c(C)cc(C)cc3C)C(O)C2O)OC(C)C1O. The first-order chi connectivity index (χ1) is 58.2. The Morgan fingerprint density at radius 2 is 1.27 bits per heavy atom. The number of hydrogen-bond donors (Lipinski definition) is 18. The first kappa shape index (κ1) is 93.7. The van der Waals surface area contributed by atoms with Crippen LogP contribution in [-0.2, 0) is 66.9 Å². The highest BCUT2D eigenvalue weighted by Crippen LogP contribution is 2.50. The quantitative estimate of drug-likeness (QED) is 0.0212. The Labute approximate surface area is 719 Å². The average Bonchev–Trinajstić information content (AvgIpc) is 0.752. The number of rotatable bonds is 26. The van der Waals surface area contributed by atoms with Crippen LogP contribution in [0.1, 0.15) is 180 Å². The summed E-state index contributed by atoms with van der Waals surface area (Å²) in [5.74, 6) is -16.4. The molecule has 2 fully saturated rings. The van der Waals surface area contributed by atoms with Gasteiger partial charge in [0.1, 0.15) is 89.5 Å². The van der Waals surface area contributed by atoms with Gasteiger partial charge in [-0.15, -0.1) is 0 Å². The van der Waals surface area contributed by atoms with E-state index in [1.807, 2.05) is 13.8 Å². The third-order valence-electron chi connectivity index (χ3n) is 22.4. The second-order valence-electron chi connectivity index (χ2n) is 32.3. The van der Waals surface area contributed by atoms with E-state index in [0.717, 1.165) is 124 Å². The van der Waals surface area contributed by atoms with Gasteiger partial charge in [0.25, 0.3) is 10.1 Å². The van der Waals surface area contributed by atoms with Crippen LogP contribution in [0.25, 0.3) is 11.1 Å². The van der Waals surface area contributed by atoms with Crippen molar-refractivity contribution >= 4 is 80.6 Å². The van der Waals surface area contributed by atoms with E-state index in [1.165, 1.54) is 19.2 Å². The van der Waals surface area contributed by atoms with Gasteiger partial charge in [0.05, 0.1) is 46.2 Å². The number of phenols is 3. The molecule has 7 aliphatic heterocycles. The fourth-order valence-corrected chi connectivity index (χ4v) is 17.8. The summed E-state index contributed by atoms with van der Waals surface area (Å²) in [7, 11) is -3.29. The average molecular weight is 1770 g/mol. The fraction of sp³-hybridized carbons (Fsp3) is 0.482. The molecule has 11 bridgehead atoms. The van der Waals surface area contributed by atoms with Crippen molar-refractivity contribution in [1.82, 2.24) is 42.5 Å². The molecule has 19 N–H and O–H groups in total. The molecule has 123 heavy (non-hydrogen) atoms. The number of ether oxygens (including phenoxy) is 6. The smallest absolute Gasteiger partial charge is 0.330 e. The molecule has 666 valence electrons. The number of phenolic OH excluding ortho intramolecular Hbond substituents is 3. The van der Waals surface area contributed by atoms with Crippen molar-refractivity contribution < 1.29 is 125 Å². The number of fused-ring (bicyclic) bond motifs is 15. The van der Waals surface area contributed by atoms with Crippen molar-refractivity contribution in [2.45, 2.75) is 240 Å². The molecule has 0 spiro atoms. The predicted molar refractivity (Wildman–Crippen MR) is 442 cm³/mol. The van der Waals surface area contributed by atoms with Crippen molar-refractivity contribution in [3.8, 4) is 57.1 Å². The summed E-state index contributed by atoms with van der Waals surface area (Å²) in [5.41, 5.74) is 2.98. The van der Waals surface area contributed by atoms with Crippen LogP contribution in [0, 0.1) is 26.7 Å². The van der Waals surface area contributed by atoms with E-state index >= 15 is 24.0 Å². The minimum Gasteiger partial charge on any atom is -0.508 e. The lowest BCUT2D eigenvalue weighted by Gasteiger charge is -2.48. The molecular formula is C85H105Cl2N9O26S. The van der Waals surface area contributed by atoms with Gasteiger partial charge in [-0.25, -0.2) is 4.79 Å². The minimum absolute atomic E-state index is 0.122. The molecule has 0 saturated carbocycles. The van der Waals surface area contributed by atoms with Gasteiger partial charge >= 0.3 is 5.97 Å². The number of unbranched alkanes of at least 4 members (excludes halogenated alkanes) is 7. The zero-order chi connectivity index (χ0) is 89.5. The number of halogens is 2. The number of carboxylic acids is 1. The van der Waals surface area contributed by atoms with Crippen LogP contribution in [-0.4, -0.2) is 201 Å². The number of aromatic hydroxyl groups is 3. The molecule has 0 radical (unpaired) electrons. The topological polar surface area (TPSA) is 540 Å². The standard InChI is InChI=1S/C85H105Cl2N9O26S/c1-10-11-12-13-14-15-16-17-24-90-85(8)36-62(117-42(7)76(85)105)121-74-72(104)71(103)60(37-116-123(114,115)75-40(5)26-39(4)27-41(75)6)120-84(74)122-73-58-31-46-32-59(73)119-57-23-20-45(30-51(57)87)70(102)68-82(111)94-66(83(112)113)49-33-47(97)34-55(99)63(49)48-28-43(18-21-54(48)98)64(79(108)96-68)93-80(109)65(46)92-78(107)53(35-61(88)100)91-81(110)67(95-77(106)52(89-9)25-38(2)3)69(101)44-19-22-56(118-58)50(86)29-44/h18-23,26-34,38,42,52-53,60,62,64-72,74,76,84,89-90,97-99,101-105H,10-17,24-25,35-37H2,1-9H3,(H2,88,100)(H,91,110)(H,92,107)(H,93,109)(H,94,111)(H,95,106)(H,96,108)(H,112,113)/t42?,52-,53-,60?,62?,64+,65+,66+,67+,68-,69+,70+,71?,72?,74?,76?,84?,85?/m0/s1. The van der Waals surface area contributed by atoms with Crippen molar-refractivity contribution in [2.24, 2.45) is 11.7 Å². The highest BCUT2D eigenvalue weighted by atomic mass is 35.5. The summed E-state index contributed by atoms with van der Waals surface area (Å²) < 4.78 is 74.8. The molecule has 6 aromatic carbocycles. The summed E-state index contributed by atoms with van der Waals surface area (Å²) in [4.78, 5) is 119. The maximum absolute atomic E-state index is 16.4. The molecule has 9 unspecified atom stereocenters. The first-order valence-corrected chi connectivity index (χ1v) is 42.6. The second kappa shape index (κ2) is 39.9. The van der Waals surface area contributed by atoms with E-state index in [1.54, 1.807) is 46.8 Å². The molecular weight excluding hydrogens is 1670 g/mol. The third-order valence-corrected chi connectivity index (χ3v) is 24.5. The van der Waals surface area contributed by atoms with E-state index in [9.17, 15) is 68.8 Å². The van der Waals surface area contributed by atoms with E-state index in [-0.39, 0.29) is 46.1 Å². The number of nitrogens with one attached hydrogen (secondary N) is 8. The molecule has 7 heterocycles. The van der Waals surface area contributed by atoms with Crippen LogP contribution in [0.5, 0.6) is 46.0 Å².